The lowest BCUT2D eigenvalue weighted by Gasteiger charge is -2.34. The van der Waals surface area contributed by atoms with E-state index in [0.717, 1.165) is 58.4 Å². The van der Waals surface area contributed by atoms with Crippen LogP contribution in [0.2, 0.25) is 0 Å². The third-order valence-corrected chi connectivity index (χ3v) is 6.79. The van der Waals surface area contributed by atoms with Crippen LogP contribution < -0.4 is 0 Å². The summed E-state index contributed by atoms with van der Waals surface area (Å²) in [6, 6.07) is 0. The fourth-order valence-electron chi connectivity index (χ4n) is 4.86. The van der Waals surface area contributed by atoms with Gasteiger partial charge >= 0.3 is 5.97 Å². The number of carbonyl (C=O) groups is 1. The van der Waals surface area contributed by atoms with Crippen LogP contribution in [0.4, 0.5) is 0 Å². The van der Waals surface area contributed by atoms with Crippen LogP contribution in [-0.4, -0.2) is 73.3 Å². The number of nitrogens with zero attached hydrogens (tertiary/aromatic N) is 2. The van der Waals surface area contributed by atoms with Crippen LogP contribution in [-0.2, 0) is 14.3 Å². The van der Waals surface area contributed by atoms with Crippen LogP contribution in [0.25, 0.3) is 0 Å². The summed E-state index contributed by atoms with van der Waals surface area (Å²) in [5.41, 5.74) is 1.35. The van der Waals surface area contributed by atoms with Crippen LogP contribution in [0.15, 0.2) is 11.6 Å². The van der Waals surface area contributed by atoms with Gasteiger partial charge in [0.1, 0.15) is 12.2 Å². The molecule has 0 aromatic rings. The number of epoxide rings is 1. The molecule has 3 heterocycles. The normalized spacial score (nSPS) is 45.1. The second-order valence-corrected chi connectivity index (χ2v) is 8.75. The topological polar surface area (TPSA) is 45.3 Å². The van der Waals surface area contributed by atoms with E-state index in [9.17, 15) is 4.79 Å². The first-order valence-corrected chi connectivity index (χ1v) is 9.91. The lowest BCUT2D eigenvalue weighted by molar-refractivity contribution is -0.145. The Kier molecular flexibility index (Phi) is 4.67. The number of rotatable bonds is 2. The van der Waals surface area contributed by atoms with Crippen molar-refractivity contribution in [3.05, 3.63) is 11.6 Å². The van der Waals surface area contributed by atoms with E-state index in [-0.39, 0.29) is 29.7 Å². The molecule has 3 saturated heterocycles. The number of fused-ring (bicyclic) bond motifs is 3. The first-order valence-electron chi connectivity index (χ1n) is 9.91. The van der Waals surface area contributed by atoms with E-state index < -0.39 is 0 Å². The van der Waals surface area contributed by atoms with Gasteiger partial charge in [0, 0.05) is 38.6 Å². The van der Waals surface area contributed by atoms with E-state index in [1.165, 1.54) is 5.57 Å². The monoisotopic (exact) mass is 348 g/mol. The molecule has 140 valence electrons. The third kappa shape index (κ3) is 3.51. The van der Waals surface area contributed by atoms with Gasteiger partial charge in [-0.15, -0.1) is 0 Å². The van der Waals surface area contributed by atoms with E-state index in [1.807, 2.05) is 0 Å². The van der Waals surface area contributed by atoms with Crippen LogP contribution in [0, 0.1) is 11.8 Å². The quantitative estimate of drug-likeness (QED) is 0.434. The van der Waals surface area contributed by atoms with E-state index in [2.05, 4.69) is 36.8 Å². The Labute approximate surface area is 151 Å². The van der Waals surface area contributed by atoms with Crippen molar-refractivity contribution >= 4 is 5.97 Å². The molecule has 5 atom stereocenters. The van der Waals surface area contributed by atoms with Crippen molar-refractivity contribution < 1.29 is 14.3 Å². The molecule has 0 radical (unpaired) electrons. The average Bonchev–Trinajstić information content (AvgIpc) is 3.15. The molecule has 0 amide bonds. The zero-order chi connectivity index (χ0) is 17.6. The highest BCUT2D eigenvalue weighted by Gasteiger charge is 2.62. The number of hydrogen-bond donors (Lipinski definition) is 0. The van der Waals surface area contributed by atoms with Crippen LogP contribution >= 0.6 is 0 Å². The number of likely N-dealkylation sites (N-methyl/N-ethyl adjacent to an activating group) is 1. The largest absolute Gasteiger partial charge is 0.459 e. The minimum atomic E-state index is -0.0972. The Morgan fingerprint density at radius 2 is 2.04 bits per heavy atom. The van der Waals surface area contributed by atoms with Gasteiger partial charge in [-0.1, -0.05) is 11.6 Å². The van der Waals surface area contributed by atoms with Crippen LogP contribution in [0.5, 0.6) is 0 Å². The van der Waals surface area contributed by atoms with Gasteiger partial charge in [0.25, 0.3) is 0 Å². The number of esters is 1. The van der Waals surface area contributed by atoms with Gasteiger partial charge in [-0.2, -0.15) is 0 Å². The fraction of sp³-hybridized carbons (Fsp3) is 0.850. The van der Waals surface area contributed by atoms with Gasteiger partial charge in [-0.05, 0) is 46.6 Å². The summed E-state index contributed by atoms with van der Waals surface area (Å²) in [6.07, 6.45) is 6.62. The molecule has 4 rings (SSSR count). The SMILES string of the molecule is C/C1=C\CC[C@@]2(C)O[C@H]2[C@H]2OC(=O)[C@@H](CN3CCN(C)CC3)[C@@H]2CC1. The summed E-state index contributed by atoms with van der Waals surface area (Å²) in [7, 11) is 2.17. The fourth-order valence-corrected chi connectivity index (χ4v) is 4.86. The summed E-state index contributed by atoms with van der Waals surface area (Å²) < 4.78 is 12.0. The Hall–Kier alpha value is -0.910. The first kappa shape index (κ1) is 17.5. The highest BCUT2D eigenvalue weighted by Crippen LogP contribution is 2.50. The number of carbonyl (C=O) groups excluding carboxylic acids is 1. The standard InChI is InChI=1S/C20H32N2O3/c1-14-5-4-8-20(2)18(25-20)17-15(7-6-14)16(19(23)24-17)13-22-11-9-21(3)10-12-22/h5,15-18H,4,6-13H2,1-3H3/b14-5+/t15-,16-,17-,18-,20+/m0/s1. The molecule has 5 heteroatoms. The molecule has 0 unspecified atom stereocenters. The van der Waals surface area contributed by atoms with Crippen LogP contribution in [0.3, 0.4) is 0 Å². The number of hydrogen-bond acceptors (Lipinski definition) is 5. The van der Waals surface area contributed by atoms with Gasteiger partial charge in [-0.3, -0.25) is 9.69 Å². The average molecular weight is 348 g/mol. The molecular formula is C20H32N2O3. The first-order chi connectivity index (χ1) is 12.0. The molecule has 3 aliphatic heterocycles. The zero-order valence-corrected chi connectivity index (χ0v) is 15.9. The van der Waals surface area contributed by atoms with E-state index in [0.29, 0.717) is 5.92 Å². The molecule has 0 spiro atoms. The summed E-state index contributed by atoms with van der Waals surface area (Å²) in [4.78, 5) is 17.5. The van der Waals surface area contributed by atoms with Crippen molar-refractivity contribution in [3.8, 4) is 0 Å². The van der Waals surface area contributed by atoms with E-state index >= 15 is 0 Å². The molecule has 0 aromatic heterocycles. The summed E-state index contributed by atoms with van der Waals surface area (Å²) >= 11 is 0. The van der Waals surface area contributed by atoms with Crippen LogP contribution in [0.1, 0.15) is 39.5 Å². The van der Waals surface area contributed by atoms with Gasteiger partial charge in [-0.25, -0.2) is 0 Å². The smallest absolute Gasteiger partial charge is 0.311 e. The molecule has 0 bridgehead atoms. The summed E-state index contributed by atoms with van der Waals surface area (Å²) in [5.74, 6) is 0.308. The Balaban J connectivity index is 1.49. The Morgan fingerprint density at radius 3 is 2.80 bits per heavy atom. The maximum absolute atomic E-state index is 12.7. The molecule has 1 aliphatic carbocycles. The predicted molar refractivity (Wildman–Crippen MR) is 96.3 cm³/mol. The second-order valence-electron chi connectivity index (χ2n) is 8.75. The second kappa shape index (κ2) is 6.67. The highest BCUT2D eigenvalue weighted by molar-refractivity contribution is 5.75. The number of allylic oxidation sites excluding steroid dienone is 2. The number of ether oxygens (including phenoxy) is 2. The molecule has 3 fully saturated rings. The van der Waals surface area contributed by atoms with Gasteiger partial charge in [0.15, 0.2) is 0 Å². The lowest BCUT2D eigenvalue weighted by atomic mass is 9.80. The third-order valence-electron chi connectivity index (χ3n) is 6.79. The molecule has 25 heavy (non-hydrogen) atoms. The molecular weight excluding hydrogens is 316 g/mol. The maximum Gasteiger partial charge on any atom is 0.311 e. The van der Waals surface area contributed by atoms with Crippen molar-refractivity contribution in [3.63, 3.8) is 0 Å². The van der Waals surface area contributed by atoms with Crippen molar-refractivity contribution in [1.29, 1.82) is 0 Å². The number of piperazine rings is 1. The Bertz CT molecular complexity index is 555. The molecule has 0 N–H and O–H groups in total. The minimum Gasteiger partial charge on any atom is -0.459 e. The Morgan fingerprint density at radius 1 is 1.28 bits per heavy atom. The molecule has 0 aromatic carbocycles. The van der Waals surface area contributed by atoms with Crippen molar-refractivity contribution in [2.45, 2.75) is 57.3 Å². The van der Waals surface area contributed by atoms with E-state index in [4.69, 9.17) is 9.47 Å². The minimum absolute atomic E-state index is 0.00709. The van der Waals surface area contributed by atoms with Crippen molar-refractivity contribution in [2.24, 2.45) is 11.8 Å². The lowest BCUT2D eigenvalue weighted by Crippen LogP contribution is -2.47. The summed E-state index contributed by atoms with van der Waals surface area (Å²) in [6.45, 7) is 9.52. The van der Waals surface area contributed by atoms with Crippen molar-refractivity contribution in [1.82, 2.24) is 9.80 Å². The van der Waals surface area contributed by atoms with E-state index in [1.54, 1.807) is 0 Å². The molecule has 0 saturated carbocycles. The highest BCUT2D eigenvalue weighted by atomic mass is 16.6. The maximum atomic E-state index is 12.7. The van der Waals surface area contributed by atoms with Gasteiger partial charge in [0.2, 0.25) is 0 Å². The molecule has 5 nitrogen and oxygen atoms in total. The molecule has 4 aliphatic rings. The zero-order valence-electron chi connectivity index (χ0n) is 15.9. The van der Waals surface area contributed by atoms with Gasteiger partial charge in [0.05, 0.1) is 11.5 Å². The van der Waals surface area contributed by atoms with Crippen molar-refractivity contribution in [2.75, 3.05) is 39.8 Å². The summed E-state index contributed by atoms with van der Waals surface area (Å²) in [5, 5.41) is 0. The predicted octanol–water partition coefficient (Wildman–Crippen LogP) is 2.07. The van der Waals surface area contributed by atoms with Gasteiger partial charge < -0.3 is 14.4 Å².